The maximum Gasteiger partial charge on any atom is 0.328 e. The number of amides is 3. The average molecular weight is 509 g/mol. The van der Waals surface area contributed by atoms with Gasteiger partial charge < -0.3 is 31.0 Å². The number of aromatic amines is 1. The van der Waals surface area contributed by atoms with Crippen molar-refractivity contribution in [1.82, 2.24) is 15.6 Å². The third-order valence-electron chi connectivity index (χ3n) is 5.82. The summed E-state index contributed by atoms with van der Waals surface area (Å²) in [6.45, 7) is 0.563. The molecule has 3 amide bonds. The van der Waals surface area contributed by atoms with Crippen LogP contribution in [0.1, 0.15) is 22.6 Å². The number of imide groups is 1. The molecule has 0 saturated carbocycles. The molecule has 1 aromatic heterocycles. The van der Waals surface area contributed by atoms with Gasteiger partial charge in [0.25, 0.3) is 5.91 Å². The van der Waals surface area contributed by atoms with E-state index in [4.69, 9.17) is 20.7 Å². The highest BCUT2D eigenvalue weighted by Gasteiger charge is 2.37. The summed E-state index contributed by atoms with van der Waals surface area (Å²) in [5, 5.41) is 21.8. The number of carboxylic acids is 2. The van der Waals surface area contributed by atoms with E-state index in [2.05, 4.69) is 21.7 Å². The number of methoxy groups -OCH3 is 1. The summed E-state index contributed by atoms with van der Waals surface area (Å²) in [5.74, 6) is -2.25. The van der Waals surface area contributed by atoms with Crippen LogP contribution < -0.4 is 21.1 Å². The van der Waals surface area contributed by atoms with Crippen LogP contribution in [0.3, 0.4) is 0 Å². The summed E-state index contributed by atoms with van der Waals surface area (Å²) in [6, 6.07) is 12.8. The quantitative estimate of drug-likeness (QED) is 0.187. The fourth-order valence-corrected chi connectivity index (χ4v) is 4.09. The second kappa shape index (κ2) is 12.4. The predicted octanol–water partition coefficient (Wildman–Crippen LogP) is 1.92. The maximum absolute atomic E-state index is 12.4. The molecule has 37 heavy (non-hydrogen) atoms. The lowest BCUT2D eigenvalue weighted by molar-refractivity contribution is -0.134. The van der Waals surface area contributed by atoms with E-state index in [0.29, 0.717) is 25.1 Å². The fraction of sp³-hybridized carbons (Fsp3) is 0.231. The van der Waals surface area contributed by atoms with Crippen molar-refractivity contribution in [3.63, 3.8) is 0 Å². The van der Waals surface area contributed by atoms with Gasteiger partial charge in [0.15, 0.2) is 0 Å². The third-order valence-corrected chi connectivity index (χ3v) is 5.82. The number of H-pyrrole nitrogens is 1. The fourth-order valence-electron chi connectivity index (χ4n) is 4.09. The lowest BCUT2D eigenvalue weighted by Crippen LogP contribution is -2.36. The Balaban J connectivity index is 0.000000414. The summed E-state index contributed by atoms with van der Waals surface area (Å²) in [5.41, 5.74) is 9.97. The number of nitrogens with one attached hydrogen (secondary N) is 3. The minimum absolute atomic E-state index is 0.208. The molecule has 0 bridgehead atoms. The highest BCUT2D eigenvalue weighted by molar-refractivity contribution is 6.04. The first-order valence-electron chi connectivity index (χ1n) is 11.4. The molecular formula is C26H28N4O7. The van der Waals surface area contributed by atoms with Gasteiger partial charge in [-0.15, -0.1) is 0 Å². The van der Waals surface area contributed by atoms with Crippen LogP contribution in [-0.4, -0.2) is 58.8 Å². The van der Waals surface area contributed by atoms with E-state index >= 15 is 0 Å². The van der Waals surface area contributed by atoms with Crippen molar-refractivity contribution in [2.45, 2.75) is 24.8 Å². The summed E-state index contributed by atoms with van der Waals surface area (Å²) in [4.78, 5) is 46.6. The molecule has 7 N–H and O–H groups in total. The number of carboxylic acid groups (broad SMARTS) is 2. The Morgan fingerprint density at radius 3 is 2.30 bits per heavy atom. The van der Waals surface area contributed by atoms with Gasteiger partial charge in [0.05, 0.1) is 7.11 Å². The smallest absolute Gasteiger partial charge is 0.328 e. The summed E-state index contributed by atoms with van der Waals surface area (Å²) < 4.78 is 5.23. The lowest BCUT2D eigenvalue weighted by atomic mass is 9.85. The Hall–Kier alpha value is -4.64. The number of aromatic nitrogens is 1. The zero-order chi connectivity index (χ0) is 26.9. The molecule has 11 nitrogen and oxygen atoms in total. The molecule has 2 heterocycles. The van der Waals surface area contributed by atoms with E-state index in [9.17, 15) is 19.2 Å². The average Bonchev–Trinajstić information content (AvgIpc) is 3.43. The molecular weight excluding hydrogens is 480 g/mol. The zero-order valence-electron chi connectivity index (χ0n) is 20.1. The molecule has 3 aromatic rings. The Bertz CT molecular complexity index is 1300. The second-order valence-corrected chi connectivity index (χ2v) is 8.27. The Labute approximate surface area is 212 Å². The van der Waals surface area contributed by atoms with Gasteiger partial charge >= 0.3 is 18.0 Å². The van der Waals surface area contributed by atoms with Gasteiger partial charge in [-0.2, -0.15) is 0 Å². The Kier molecular flexibility index (Phi) is 9.00. The van der Waals surface area contributed by atoms with Crippen molar-refractivity contribution < 1.29 is 34.1 Å². The van der Waals surface area contributed by atoms with Crippen molar-refractivity contribution in [3.8, 4) is 5.75 Å². The van der Waals surface area contributed by atoms with E-state index in [-0.39, 0.29) is 11.8 Å². The van der Waals surface area contributed by atoms with Crippen LogP contribution in [0.5, 0.6) is 5.75 Å². The molecule has 1 aliphatic heterocycles. The minimum atomic E-state index is -1.26. The van der Waals surface area contributed by atoms with Crippen LogP contribution in [0.15, 0.2) is 60.8 Å². The van der Waals surface area contributed by atoms with Gasteiger partial charge in [-0.05, 0) is 60.3 Å². The van der Waals surface area contributed by atoms with Gasteiger partial charge in [0.1, 0.15) is 11.8 Å². The number of fused-ring (bicyclic) bond motifs is 1. The Morgan fingerprint density at radius 1 is 1.08 bits per heavy atom. The number of ether oxygens (including phenoxy) is 1. The van der Waals surface area contributed by atoms with Crippen molar-refractivity contribution in [2.75, 3.05) is 13.7 Å². The Morgan fingerprint density at radius 2 is 1.76 bits per heavy atom. The molecule has 1 aliphatic rings. The summed E-state index contributed by atoms with van der Waals surface area (Å²) in [7, 11) is 1.63. The second-order valence-electron chi connectivity index (χ2n) is 8.27. The highest BCUT2D eigenvalue weighted by Crippen LogP contribution is 2.30. The van der Waals surface area contributed by atoms with Crippen LogP contribution in [0.4, 0.5) is 4.79 Å². The third kappa shape index (κ3) is 7.18. The number of nitrogens with two attached hydrogens (primary N) is 1. The molecule has 0 spiro atoms. The molecule has 11 heteroatoms. The SMILES string of the molecule is COc1ccc(CC(c2ccc3[nH]cc(CCN)c3c2)C2NC(=O)NC2=O)cc1.O=C(O)C=CC(=O)O. The van der Waals surface area contributed by atoms with Crippen molar-refractivity contribution in [1.29, 1.82) is 0 Å². The zero-order valence-corrected chi connectivity index (χ0v) is 20.1. The van der Waals surface area contributed by atoms with Crippen LogP contribution in [0, 0.1) is 0 Å². The monoisotopic (exact) mass is 508 g/mol. The van der Waals surface area contributed by atoms with E-state index in [1.165, 1.54) is 0 Å². The first-order valence-corrected chi connectivity index (χ1v) is 11.4. The van der Waals surface area contributed by atoms with Crippen molar-refractivity contribution in [2.24, 2.45) is 5.73 Å². The molecule has 0 radical (unpaired) electrons. The van der Waals surface area contributed by atoms with Crippen LogP contribution >= 0.6 is 0 Å². The number of hydrogen-bond donors (Lipinski definition) is 6. The first kappa shape index (κ1) is 27.0. The summed E-state index contributed by atoms with van der Waals surface area (Å²) >= 11 is 0. The standard InChI is InChI=1S/C22H24N4O3.C4H4O4/c1-29-16-5-2-13(3-6-16)10-18(20-21(27)26-22(28)25-20)14-4-7-19-17(11-14)15(8-9-23)12-24-19;5-3(6)1-2-4(7)8/h2-7,11-12,18,20,24H,8-10,23H2,1H3,(H2,25,26,27,28);1-2H,(H,5,6)(H,7,8). The van der Waals surface area contributed by atoms with E-state index in [1.807, 2.05) is 42.6 Å². The first-order chi connectivity index (χ1) is 17.7. The summed E-state index contributed by atoms with van der Waals surface area (Å²) in [6.07, 6.45) is 4.46. The largest absolute Gasteiger partial charge is 0.497 e. The molecule has 0 aliphatic carbocycles. The number of carbonyl (C=O) groups is 4. The van der Waals surface area contributed by atoms with Crippen LogP contribution in [0.2, 0.25) is 0 Å². The molecule has 2 aromatic carbocycles. The molecule has 4 rings (SSSR count). The number of rotatable bonds is 9. The molecule has 1 saturated heterocycles. The van der Waals surface area contributed by atoms with Gasteiger partial charge in [-0.3, -0.25) is 10.1 Å². The number of urea groups is 1. The van der Waals surface area contributed by atoms with Crippen molar-refractivity contribution >= 4 is 34.8 Å². The van der Waals surface area contributed by atoms with Gasteiger partial charge in [0, 0.05) is 35.2 Å². The van der Waals surface area contributed by atoms with Gasteiger partial charge in [0.2, 0.25) is 0 Å². The molecule has 2 atom stereocenters. The molecule has 194 valence electrons. The van der Waals surface area contributed by atoms with Crippen LogP contribution in [-0.2, 0) is 27.2 Å². The van der Waals surface area contributed by atoms with E-state index < -0.39 is 24.0 Å². The van der Waals surface area contributed by atoms with E-state index in [1.54, 1.807) is 7.11 Å². The number of carbonyl (C=O) groups excluding carboxylic acids is 2. The number of benzene rings is 2. The van der Waals surface area contributed by atoms with Crippen LogP contribution in [0.25, 0.3) is 10.9 Å². The predicted molar refractivity (Wildman–Crippen MR) is 135 cm³/mol. The minimum Gasteiger partial charge on any atom is -0.497 e. The normalized spacial score (nSPS) is 15.6. The van der Waals surface area contributed by atoms with Gasteiger partial charge in [-0.25, -0.2) is 14.4 Å². The maximum atomic E-state index is 12.4. The van der Waals surface area contributed by atoms with E-state index in [0.717, 1.165) is 39.8 Å². The van der Waals surface area contributed by atoms with Crippen molar-refractivity contribution in [3.05, 3.63) is 77.5 Å². The highest BCUT2D eigenvalue weighted by atomic mass is 16.5. The molecule has 1 fully saturated rings. The van der Waals surface area contributed by atoms with Gasteiger partial charge in [-0.1, -0.05) is 18.2 Å². The lowest BCUT2D eigenvalue weighted by Gasteiger charge is -2.22. The topological polar surface area (TPSA) is 184 Å². The number of hydrogen-bond acceptors (Lipinski definition) is 6. The number of aliphatic carboxylic acids is 2. The molecule has 2 unspecified atom stereocenters.